The van der Waals surface area contributed by atoms with E-state index in [-0.39, 0.29) is 29.9 Å². The van der Waals surface area contributed by atoms with Crippen molar-refractivity contribution in [2.45, 2.75) is 51.7 Å². The van der Waals surface area contributed by atoms with Crippen LogP contribution in [0, 0.1) is 10.8 Å². The van der Waals surface area contributed by atoms with E-state index in [1.54, 1.807) is 21.1 Å². The van der Waals surface area contributed by atoms with Gasteiger partial charge in [0, 0.05) is 14.2 Å². The second kappa shape index (κ2) is 5.84. The zero-order valence-electron chi connectivity index (χ0n) is 14.2. The van der Waals surface area contributed by atoms with Gasteiger partial charge in [0.1, 0.15) is 11.5 Å². The summed E-state index contributed by atoms with van der Waals surface area (Å²) in [5.74, 6) is -0.746. The first-order chi connectivity index (χ1) is 11.3. The predicted octanol–water partition coefficient (Wildman–Crippen LogP) is 1.77. The second-order valence-corrected chi connectivity index (χ2v) is 7.18. The van der Waals surface area contributed by atoms with E-state index in [0.29, 0.717) is 18.7 Å². The number of aromatic nitrogens is 2. The van der Waals surface area contributed by atoms with Gasteiger partial charge in [0.25, 0.3) is 0 Å². The molecule has 0 bridgehead atoms. The van der Waals surface area contributed by atoms with Gasteiger partial charge in [0.2, 0.25) is 11.8 Å². The molecule has 1 amide bonds. The van der Waals surface area contributed by atoms with Gasteiger partial charge in [-0.15, -0.1) is 0 Å². The summed E-state index contributed by atoms with van der Waals surface area (Å²) in [5, 5.41) is 13.4. The lowest BCUT2D eigenvalue weighted by atomic mass is 9.45. The third kappa shape index (κ3) is 2.58. The first kappa shape index (κ1) is 16.9. The molecule has 2 aliphatic carbocycles. The molecule has 1 spiro atoms. The largest absolute Gasteiger partial charge is 0.480 e. The minimum Gasteiger partial charge on any atom is -0.480 e. The molecule has 132 valence electrons. The highest BCUT2D eigenvalue weighted by molar-refractivity contribution is 6.03. The summed E-state index contributed by atoms with van der Waals surface area (Å²) >= 11 is 0. The van der Waals surface area contributed by atoms with Crippen LogP contribution in [0.5, 0.6) is 0 Å². The van der Waals surface area contributed by atoms with E-state index >= 15 is 0 Å². The minimum atomic E-state index is -1.29. The summed E-state index contributed by atoms with van der Waals surface area (Å²) in [7, 11) is 3.11. The van der Waals surface area contributed by atoms with Crippen molar-refractivity contribution in [3.63, 3.8) is 0 Å². The van der Waals surface area contributed by atoms with Gasteiger partial charge < -0.3 is 19.3 Å². The van der Waals surface area contributed by atoms with Gasteiger partial charge in [-0.2, -0.15) is 4.98 Å². The number of hydrogen-bond donors (Lipinski definition) is 1. The molecule has 1 heterocycles. The fourth-order valence-electron chi connectivity index (χ4n) is 3.90. The normalized spacial score (nSPS) is 21.6. The van der Waals surface area contributed by atoms with Crippen LogP contribution in [-0.4, -0.2) is 46.2 Å². The molecule has 3 rings (SSSR count). The number of hydrogen-bond acceptors (Lipinski definition) is 6. The number of carbonyl (C=O) groups excluding carboxylic acids is 1. The summed E-state index contributed by atoms with van der Waals surface area (Å²) in [6.45, 7) is 1.87. The van der Waals surface area contributed by atoms with E-state index in [1.807, 2.05) is 0 Å². The quantitative estimate of drug-likeness (QED) is 0.788. The van der Waals surface area contributed by atoms with Crippen molar-refractivity contribution >= 4 is 11.9 Å². The van der Waals surface area contributed by atoms with Crippen LogP contribution in [0.15, 0.2) is 4.52 Å². The van der Waals surface area contributed by atoms with Gasteiger partial charge in [-0.05, 0) is 38.0 Å². The van der Waals surface area contributed by atoms with Crippen molar-refractivity contribution in [3.05, 3.63) is 11.7 Å². The van der Waals surface area contributed by atoms with E-state index in [0.717, 1.165) is 19.3 Å². The molecule has 1 atom stereocenters. The number of ether oxygens (including phenoxy) is 1. The Bertz CT molecular complexity index is 644. The van der Waals surface area contributed by atoms with Crippen LogP contribution < -0.4 is 0 Å². The molecule has 8 heteroatoms. The highest BCUT2D eigenvalue weighted by Gasteiger charge is 2.65. The number of methoxy groups -OCH3 is 1. The van der Waals surface area contributed by atoms with Crippen LogP contribution in [0.3, 0.4) is 0 Å². The van der Waals surface area contributed by atoms with E-state index in [4.69, 9.17) is 9.26 Å². The molecule has 1 N–H and O–H groups in total. The molecule has 2 aliphatic rings. The van der Waals surface area contributed by atoms with Gasteiger partial charge >= 0.3 is 5.97 Å². The maximum absolute atomic E-state index is 12.7. The van der Waals surface area contributed by atoms with E-state index in [1.165, 1.54) is 4.90 Å². The minimum absolute atomic E-state index is 0.0838. The second-order valence-electron chi connectivity index (χ2n) is 7.18. The van der Waals surface area contributed by atoms with E-state index in [9.17, 15) is 14.7 Å². The SMILES string of the molecule is COC(C)c1noc(CN(C)C(=O)C2(C(=O)O)CC3(CCC3)C2)n1. The Hall–Kier alpha value is -1.96. The molecular formula is C16H23N3O5. The summed E-state index contributed by atoms with van der Waals surface area (Å²) < 4.78 is 10.2. The number of nitrogens with zero attached hydrogens (tertiary/aromatic N) is 3. The van der Waals surface area contributed by atoms with Crippen LogP contribution in [0.25, 0.3) is 0 Å². The monoisotopic (exact) mass is 337 g/mol. The van der Waals surface area contributed by atoms with Crippen LogP contribution in [0.2, 0.25) is 0 Å². The van der Waals surface area contributed by atoms with Crippen molar-refractivity contribution in [1.29, 1.82) is 0 Å². The first-order valence-corrected chi connectivity index (χ1v) is 8.16. The number of aliphatic carboxylic acids is 1. The Morgan fingerprint density at radius 2 is 2.08 bits per heavy atom. The van der Waals surface area contributed by atoms with Crippen molar-refractivity contribution in [2.75, 3.05) is 14.2 Å². The molecule has 2 saturated carbocycles. The fourth-order valence-corrected chi connectivity index (χ4v) is 3.90. The number of carbonyl (C=O) groups is 2. The van der Waals surface area contributed by atoms with Crippen molar-refractivity contribution < 1.29 is 24.0 Å². The zero-order chi connectivity index (χ0) is 17.5. The van der Waals surface area contributed by atoms with Gasteiger partial charge in [-0.3, -0.25) is 9.59 Å². The molecule has 1 aromatic heterocycles. The Morgan fingerprint density at radius 1 is 1.42 bits per heavy atom. The third-order valence-corrected chi connectivity index (χ3v) is 5.51. The molecule has 0 radical (unpaired) electrons. The Labute approximate surface area is 140 Å². The average Bonchev–Trinajstić information content (AvgIpc) is 2.91. The topological polar surface area (TPSA) is 106 Å². The van der Waals surface area contributed by atoms with Crippen LogP contribution in [0.4, 0.5) is 0 Å². The van der Waals surface area contributed by atoms with Crippen LogP contribution in [-0.2, 0) is 20.9 Å². The van der Waals surface area contributed by atoms with Crippen molar-refractivity contribution in [2.24, 2.45) is 10.8 Å². The molecule has 24 heavy (non-hydrogen) atoms. The van der Waals surface area contributed by atoms with Gasteiger partial charge in [0.05, 0.1) is 6.54 Å². The molecule has 0 saturated heterocycles. The lowest BCUT2D eigenvalue weighted by Crippen LogP contribution is -2.61. The number of rotatable bonds is 6. The molecule has 0 aromatic carbocycles. The molecular weight excluding hydrogens is 314 g/mol. The third-order valence-electron chi connectivity index (χ3n) is 5.51. The van der Waals surface area contributed by atoms with Gasteiger partial charge in [-0.25, -0.2) is 0 Å². The average molecular weight is 337 g/mol. The fraction of sp³-hybridized carbons (Fsp3) is 0.750. The van der Waals surface area contributed by atoms with E-state index in [2.05, 4.69) is 10.1 Å². The maximum atomic E-state index is 12.7. The van der Waals surface area contributed by atoms with Gasteiger partial charge in [0.15, 0.2) is 5.82 Å². The summed E-state index contributed by atoms with van der Waals surface area (Å²) in [6, 6.07) is 0. The van der Waals surface area contributed by atoms with Crippen LogP contribution in [0.1, 0.15) is 56.8 Å². The van der Waals surface area contributed by atoms with Crippen LogP contribution >= 0.6 is 0 Å². The Kier molecular flexibility index (Phi) is 4.11. The lowest BCUT2D eigenvalue weighted by molar-refractivity contribution is -0.186. The summed E-state index contributed by atoms with van der Waals surface area (Å²) in [6.07, 6.45) is 3.76. The first-order valence-electron chi connectivity index (χ1n) is 8.16. The highest BCUT2D eigenvalue weighted by atomic mass is 16.5. The molecule has 8 nitrogen and oxygen atoms in total. The molecule has 1 unspecified atom stereocenters. The standard InChI is InChI=1S/C16H23N3O5/c1-10(23-3)12-17-11(24-18-12)7-19(2)13(20)16(14(21)22)8-15(9-16)5-4-6-15/h10H,4-9H2,1-3H3,(H,21,22). The lowest BCUT2D eigenvalue weighted by Gasteiger charge is -2.58. The number of carboxylic acids is 1. The van der Waals surface area contributed by atoms with Crippen molar-refractivity contribution in [1.82, 2.24) is 15.0 Å². The zero-order valence-corrected chi connectivity index (χ0v) is 14.2. The van der Waals surface area contributed by atoms with Crippen molar-refractivity contribution in [3.8, 4) is 0 Å². The smallest absolute Gasteiger partial charge is 0.319 e. The maximum Gasteiger partial charge on any atom is 0.319 e. The van der Waals surface area contributed by atoms with Gasteiger partial charge in [-0.1, -0.05) is 11.6 Å². The number of carboxylic acid groups (broad SMARTS) is 1. The highest BCUT2D eigenvalue weighted by Crippen LogP contribution is 2.65. The number of amides is 1. The molecule has 0 aliphatic heterocycles. The summed E-state index contributed by atoms with van der Waals surface area (Å²) in [5.41, 5.74) is -1.21. The molecule has 2 fully saturated rings. The Balaban J connectivity index is 1.67. The Morgan fingerprint density at radius 3 is 2.58 bits per heavy atom. The predicted molar refractivity (Wildman–Crippen MR) is 81.8 cm³/mol. The molecule has 1 aromatic rings. The van der Waals surface area contributed by atoms with E-state index < -0.39 is 11.4 Å². The summed E-state index contributed by atoms with van der Waals surface area (Å²) in [4.78, 5) is 30.1.